The van der Waals surface area contributed by atoms with Crippen molar-refractivity contribution in [1.29, 1.82) is 0 Å². The van der Waals surface area contributed by atoms with Crippen molar-refractivity contribution >= 4 is 17.7 Å². The zero-order chi connectivity index (χ0) is 14.8. The minimum atomic E-state index is -0.443. The quantitative estimate of drug-likeness (QED) is 0.486. The van der Waals surface area contributed by atoms with Gasteiger partial charge in [0.05, 0.1) is 19.6 Å². The molecule has 1 rings (SSSR count). The Balaban J connectivity index is 2.16. The lowest BCUT2D eigenvalue weighted by Crippen LogP contribution is -2.43. The summed E-state index contributed by atoms with van der Waals surface area (Å²) in [5.74, 6) is -1.16. The van der Waals surface area contributed by atoms with Crippen LogP contribution in [0.5, 0.6) is 0 Å². The smallest absolute Gasteiger partial charge is 0.239 e. The van der Waals surface area contributed by atoms with Crippen LogP contribution in [0.3, 0.4) is 0 Å². The first-order chi connectivity index (χ1) is 9.61. The second-order valence-corrected chi connectivity index (χ2v) is 4.02. The first-order valence-corrected chi connectivity index (χ1v) is 6.16. The fraction of sp³-hybridized carbons (Fsp3) is 0.308. The molecule has 5 N–H and O–H groups in total. The van der Waals surface area contributed by atoms with Gasteiger partial charge in [-0.25, -0.2) is 0 Å². The molecule has 0 aromatic heterocycles. The summed E-state index contributed by atoms with van der Waals surface area (Å²) in [6.07, 6.45) is 0. The molecule has 0 fully saturated rings. The first-order valence-electron chi connectivity index (χ1n) is 6.16. The third kappa shape index (κ3) is 6.50. The molecule has 0 radical (unpaired) electrons. The lowest BCUT2D eigenvalue weighted by Gasteiger charge is -2.07. The van der Waals surface area contributed by atoms with Crippen LogP contribution in [0.1, 0.15) is 5.56 Å². The molecule has 0 bridgehead atoms. The number of nitrogens with one attached hydrogen (secondary N) is 3. The Hall–Kier alpha value is -2.41. The van der Waals surface area contributed by atoms with Gasteiger partial charge < -0.3 is 21.7 Å². The van der Waals surface area contributed by atoms with Crippen molar-refractivity contribution < 1.29 is 14.4 Å². The molecule has 0 unspecified atom stereocenters. The largest absolute Gasteiger partial charge is 0.350 e. The van der Waals surface area contributed by atoms with Crippen LogP contribution in [0.15, 0.2) is 30.3 Å². The molecule has 0 spiro atoms. The maximum Gasteiger partial charge on any atom is 0.239 e. The fourth-order valence-electron chi connectivity index (χ4n) is 1.35. The van der Waals surface area contributed by atoms with Gasteiger partial charge in [0, 0.05) is 6.54 Å². The predicted molar refractivity (Wildman–Crippen MR) is 73.4 cm³/mol. The van der Waals surface area contributed by atoms with Crippen LogP contribution in [0.25, 0.3) is 0 Å². The van der Waals surface area contributed by atoms with Crippen LogP contribution in [-0.4, -0.2) is 37.4 Å². The van der Waals surface area contributed by atoms with Gasteiger partial charge in [-0.3, -0.25) is 14.4 Å². The highest BCUT2D eigenvalue weighted by molar-refractivity contribution is 5.88. The number of carbonyl (C=O) groups excluding carboxylic acids is 3. The molecule has 0 atom stereocenters. The molecule has 1 aromatic rings. The van der Waals surface area contributed by atoms with E-state index in [1.54, 1.807) is 0 Å². The van der Waals surface area contributed by atoms with Crippen LogP contribution in [0, 0.1) is 0 Å². The summed E-state index contributed by atoms with van der Waals surface area (Å²) >= 11 is 0. The van der Waals surface area contributed by atoms with Gasteiger partial charge in [-0.1, -0.05) is 30.3 Å². The number of hydrogen-bond donors (Lipinski definition) is 4. The van der Waals surface area contributed by atoms with Crippen molar-refractivity contribution in [2.45, 2.75) is 6.54 Å². The van der Waals surface area contributed by atoms with E-state index in [0.29, 0.717) is 6.54 Å². The average Bonchev–Trinajstić information content (AvgIpc) is 2.49. The lowest BCUT2D eigenvalue weighted by atomic mass is 10.2. The Morgan fingerprint density at radius 3 is 2.00 bits per heavy atom. The van der Waals surface area contributed by atoms with Crippen molar-refractivity contribution in [2.24, 2.45) is 5.73 Å². The minimum absolute atomic E-state index is 0.135. The number of rotatable bonds is 7. The third-order valence-electron chi connectivity index (χ3n) is 2.41. The molecule has 7 nitrogen and oxygen atoms in total. The monoisotopic (exact) mass is 278 g/mol. The Kier molecular flexibility index (Phi) is 6.77. The normalized spacial score (nSPS) is 9.65. The van der Waals surface area contributed by atoms with Gasteiger partial charge in [0.2, 0.25) is 17.7 Å². The van der Waals surface area contributed by atoms with Crippen molar-refractivity contribution in [2.75, 3.05) is 19.6 Å². The number of nitrogens with two attached hydrogens (primary N) is 1. The second-order valence-electron chi connectivity index (χ2n) is 4.02. The summed E-state index contributed by atoms with van der Waals surface area (Å²) < 4.78 is 0. The van der Waals surface area contributed by atoms with Gasteiger partial charge in [0.1, 0.15) is 0 Å². The Labute approximate surface area is 116 Å². The van der Waals surface area contributed by atoms with Crippen molar-refractivity contribution in [1.82, 2.24) is 16.0 Å². The lowest BCUT2D eigenvalue weighted by molar-refractivity contribution is -0.127. The summed E-state index contributed by atoms with van der Waals surface area (Å²) in [5.41, 5.74) is 6.04. The van der Waals surface area contributed by atoms with E-state index in [1.807, 2.05) is 30.3 Å². The van der Waals surface area contributed by atoms with Crippen molar-refractivity contribution in [3.05, 3.63) is 35.9 Å². The van der Waals surface area contributed by atoms with Crippen LogP contribution < -0.4 is 21.7 Å². The molecule has 0 aliphatic carbocycles. The van der Waals surface area contributed by atoms with Gasteiger partial charge in [0.15, 0.2) is 0 Å². The molecule has 20 heavy (non-hydrogen) atoms. The summed E-state index contributed by atoms with van der Waals surface area (Å²) in [5, 5.41) is 7.37. The molecule has 3 amide bonds. The number of benzene rings is 1. The zero-order valence-electron chi connectivity index (χ0n) is 11.0. The zero-order valence-corrected chi connectivity index (χ0v) is 11.0. The van der Waals surface area contributed by atoms with Crippen molar-refractivity contribution in [3.63, 3.8) is 0 Å². The third-order valence-corrected chi connectivity index (χ3v) is 2.41. The second kappa shape index (κ2) is 8.65. The van der Waals surface area contributed by atoms with E-state index in [1.165, 1.54) is 0 Å². The number of hydrogen-bond acceptors (Lipinski definition) is 4. The highest BCUT2D eigenvalue weighted by atomic mass is 16.2. The van der Waals surface area contributed by atoms with E-state index in [4.69, 9.17) is 5.73 Å². The van der Waals surface area contributed by atoms with E-state index >= 15 is 0 Å². The highest BCUT2D eigenvalue weighted by Gasteiger charge is 2.06. The predicted octanol–water partition coefficient (Wildman–Crippen LogP) is -1.51. The Morgan fingerprint density at radius 1 is 0.850 bits per heavy atom. The standard InChI is InChI=1S/C13H18N4O3/c14-6-11(18)16-8-13(20)17-9-12(19)15-7-10-4-2-1-3-5-10/h1-5H,6-9,14H2,(H,15,19)(H,16,18)(H,17,20). The Morgan fingerprint density at radius 2 is 1.40 bits per heavy atom. The molecule has 0 aliphatic heterocycles. The molecule has 0 saturated carbocycles. The van der Waals surface area contributed by atoms with E-state index in [9.17, 15) is 14.4 Å². The van der Waals surface area contributed by atoms with Gasteiger partial charge in [-0.05, 0) is 5.56 Å². The molecule has 0 aliphatic rings. The first kappa shape index (κ1) is 15.6. The number of carbonyl (C=O) groups is 3. The summed E-state index contributed by atoms with van der Waals surface area (Å²) in [6, 6.07) is 9.43. The molecule has 108 valence electrons. The van der Waals surface area contributed by atoms with Crippen LogP contribution in [0.4, 0.5) is 0 Å². The van der Waals surface area contributed by atoms with E-state index in [0.717, 1.165) is 5.56 Å². The van der Waals surface area contributed by atoms with Crippen LogP contribution in [0.2, 0.25) is 0 Å². The van der Waals surface area contributed by atoms with Gasteiger partial charge in [0.25, 0.3) is 0 Å². The molecular weight excluding hydrogens is 260 g/mol. The summed E-state index contributed by atoms with van der Waals surface area (Å²) in [7, 11) is 0. The highest BCUT2D eigenvalue weighted by Crippen LogP contribution is 1.96. The molecular formula is C13H18N4O3. The number of amides is 3. The summed E-state index contributed by atoms with van der Waals surface area (Å²) in [6.45, 7) is -0.101. The van der Waals surface area contributed by atoms with E-state index in [2.05, 4.69) is 16.0 Å². The molecule has 7 heteroatoms. The maximum atomic E-state index is 11.5. The van der Waals surface area contributed by atoms with Gasteiger partial charge >= 0.3 is 0 Å². The van der Waals surface area contributed by atoms with Gasteiger partial charge in [-0.15, -0.1) is 0 Å². The van der Waals surface area contributed by atoms with E-state index in [-0.39, 0.29) is 25.5 Å². The van der Waals surface area contributed by atoms with Crippen LogP contribution >= 0.6 is 0 Å². The topological polar surface area (TPSA) is 113 Å². The fourth-order valence-corrected chi connectivity index (χ4v) is 1.35. The molecule has 0 saturated heterocycles. The SMILES string of the molecule is NCC(=O)NCC(=O)NCC(=O)NCc1ccccc1. The van der Waals surface area contributed by atoms with E-state index < -0.39 is 11.8 Å². The van der Waals surface area contributed by atoms with Crippen LogP contribution in [-0.2, 0) is 20.9 Å². The average molecular weight is 278 g/mol. The minimum Gasteiger partial charge on any atom is -0.350 e. The molecule has 0 heterocycles. The van der Waals surface area contributed by atoms with Gasteiger partial charge in [-0.2, -0.15) is 0 Å². The maximum absolute atomic E-state index is 11.5. The van der Waals surface area contributed by atoms with Crippen molar-refractivity contribution in [3.8, 4) is 0 Å². The molecule has 1 aromatic carbocycles. The summed E-state index contributed by atoms with van der Waals surface area (Å²) in [4.78, 5) is 33.6. The Bertz CT molecular complexity index is 462.